The first-order valence-electron chi connectivity index (χ1n) is 7.87. The fourth-order valence-corrected chi connectivity index (χ4v) is 4.39. The minimum absolute atomic E-state index is 0.271. The van der Waals surface area contributed by atoms with Crippen molar-refractivity contribution in [2.45, 2.75) is 25.6 Å². The van der Waals surface area contributed by atoms with Gasteiger partial charge in [-0.1, -0.05) is 29.3 Å². The van der Waals surface area contributed by atoms with Gasteiger partial charge in [-0.3, -0.25) is 4.79 Å². The molecule has 0 unspecified atom stereocenters. The van der Waals surface area contributed by atoms with Crippen molar-refractivity contribution in [2.75, 3.05) is 13.2 Å². The zero-order valence-electron chi connectivity index (χ0n) is 13.8. The summed E-state index contributed by atoms with van der Waals surface area (Å²) in [6.07, 6.45) is 1.70. The molecule has 0 spiro atoms. The third kappa shape index (κ3) is 2.86. The average molecular weight is 401 g/mol. The Morgan fingerprint density at radius 1 is 1.56 bits per heavy atom. The van der Waals surface area contributed by atoms with Gasteiger partial charge in [-0.2, -0.15) is 0 Å². The molecule has 1 aromatic rings. The topological polar surface area (TPSA) is 50.8 Å². The Bertz CT molecular complexity index is 758. The first-order valence-corrected chi connectivity index (χ1v) is 9.03. The molecule has 8 heteroatoms. The second-order valence-electron chi connectivity index (χ2n) is 6.02. The number of thiocarbonyl (C=S) groups is 1. The normalized spacial score (nSPS) is 27.0. The Kier molecular flexibility index (Phi) is 4.88. The molecule has 0 aromatic heterocycles. The number of hydrogen-bond donors (Lipinski definition) is 1. The SMILES string of the molecule is C=CCN1C(=S)N[C@H]2c3cc(Cl)cc(Cl)c3O[C@@]1(C)[C@H]2C(=O)OCC. The summed E-state index contributed by atoms with van der Waals surface area (Å²) in [7, 11) is 0. The molecule has 2 aliphatic rings. The molecule has 0 amide bonds. The number of carbonyl (C=O) groups is 1. The Morgan fingerprint density at radius 3 is 2.92 bits per heavy atom. The standard InChI is InChI=1S/C17H18Cl2N2O3S/c1-4-6-21-16(25)20-13-10-7-9(18)8-11(19)14(10)24-17(21,3)12(13)15(22)23-5-2/h4,7-8,12-13H,1,5-6H2,2-3H3,(H,20,25)/t12-,13+,17+/m1/s1. The van der Waals surface area contributed by atoms with Crippen molar-refractivity contribution in [3.63, 3.8) is 0 Å². The summed E-state index contributed by atoms with van der Waals surface area (Å²) < 4.78 is 11.6. The van der Waals surface area contributed by atoms with Crippen LogP contribution in [0.15, 0.2) is 24.8 Å². The van der Waals surface area contributed by atoms with Gasteiger partial charge in [0, 0.05) is 17.1 Å². The number of nitrogens with one attached hydrogen (secondary N) is 1. The molecule has 25 heavy (non-hydrogen) atoms. The van der Waals surface area contributed by atoms with E-state index in [1.54, 1.807) is 30.0 Å². The van der Waals surface area contributed by atoms with Crippen LogP contribution in [-0.4, -0.2) is 34.9 Å². The molecule has 5 nitrogen and oxygen atoms in total. The van der Waals surface area contributed by atoms with Crippen molar-refractivity contribution >= 4 is 46.5 Å². The van der Waals surface area contributed by atoms with Crippen molar-refractivity contribution in [1.82, 2.24) is 10.2 Å². The van der Waals surface area contributed by atoms with Crippen LogP contribution in [0.2, 0.25) is 10.0 Å². The summed E-state index contributed by atoms with van der Waals surface area (Å²) in [5.74, 6) is -0.537. The number of ether oxygens (including phenoxy) is 2. The predicted molar refractivity (Wildman–Crippen MR) is 101 cm³/mol. The van der Waals surface area contributed by atoms with Crippen LogP contribution in [0, 0.1) is 5.92 Å². The minimum atomic E-state index is -1.06. The first-order chi connectivity index (χ1) is 11.8. The third-order valence-corrected chi connectivity index (χ3v) is 5.34. The van der Waals surface area contributed by atoms with Gasteiger partial charge in [0.05, 0.1) is 17.7 Å². The summed E-state index contributed by atoms with van der Waals surface area (Å²) in [6, 6.07) is 2.90. The predicted octanol–water partition coefficient (Wildman–Crippen LogP) is 3.70. The van der Waals surface area contributed by atoms with Gasteiger partial charge in [0.15, 0.2) is 10.8 Å². The van der Waals surface area contributed by atoms with Crippen molar-refractivity contribution in [3.8, 4) is 5.75 Å². The monoisotopic (exact) mass is 400 g/mol. The van der Waals surface area contributed by atoms with Crippen LogP contribution >= 0.6 is 35.4 Å². The van der Waals surface area contributed by atoms with Gasteiger partial charge >= 0.3 is 5.97 Å². The molecular formula is C17H18Cl2N2O3S. The Balaban J connectivity index is 2.20. The van der Waals surface area contributed by atoms with E-state index < -0.39 is 17.7 Å². The van der Waals surface area contributed by atoms with Gasteiger partial charge in [-0.25, -0.2) is 0 Å². The molecule has 1 aromatic carbocycles. The molecule has 3 atom stereocenters. The van der Waals surface area contributed by atoms with Crippen molar-refractivity contribution in [3.05, 3.63) is 40.4 Å². The van der Waals surface area contributed by atoms with E-state index in [-0.39, 0.29) is 12.6 Å². The van der Waals surface area contributed by atoms with Crippen LogP contribution in [0.25, 0.3) is 0 Å². The van der Waals surface area contributed by atoms with E-state index in [0.717, 1.165) is 0 Å². The lowest BCUT2D eigenvalue weighted by atomic mass is 9.79. The highest BCUT2D eigenvalue weighted by molar-refractivity contribution is 7.80. The lowest BCUT2D eigenvalue weighted by Crippen LogP contribution is -2.71. The van der Waals surface area contributed by atoms with E-state index in [4.69, 9.17) is 44.9 Å². The second kappa shape index (κ2) is 6.67. The van der Waals surface area contributed by atoms with Gasteiger partial charge in [0.2, 0.25) is 0 Å². The number of esters is 1. The van der Waals surface area contributed by atoms with E-state index >= 15 is 0 Å². The zero-order chi connectivity index (χ0) is 18.4. The summed E-state index contributed by atoms with van der Waals surface area (Å²) in [5.41, 5.74) is -0.369. The van der Waals surface area contributed by atoms with E-state index in [1.807, 2.05) is 6.92 Å². The van der Waals surface area contributed by atoms with Gasteiger partial charge in [-0.15, -0.1) is 6.58 Å². The maximum absolute atomic E-state index is 12.7. The summed E-state index contributed by atoms with van der Waals surface area (Å²) in [5, 5.41) is 4.53. The molecule has 134 valence electrons. The maximum Gasteiger partial charge on any atom is 0.317 e. The highest BCUT2D eigenvalue weighted by Crippen LogP contribution is 2.51. The van der Waals surface area contributed by atoms with Crippen molar-refractivity contribution in [1.29, 1.82) is 0 Å². The number of carbonyl (C=O) groups excluding carboxylic acids is 1. The van der Waals surface area contributed by atoms with Gasteiger partial charge in [0.1, 0.15) is 11.7 Å². The van der Waals surface area contributed by atoms with Crippen LogP contribution in [0.4, 0.5) is 0 Å². The van der Waals surface area contributed by atoms with Crippen LogP contribution < -0.4 is 10.1 Å². The molecule has 2 heterocycles. The van der Waals surface area contributed by atoms with Crippen LogP contribution in [0.1, 0.15) is 25.5 Å². The maximum atomic E-state index is 12.7. The Morgan fingerprint density at radius 2 is 2.28 bits per heavy atom. The van der Waals surface area contributed by atoms with Gasteiger partial charge in [0.25, 0.3) is 0 Å². The molecule has 0 aliphatic carbocycles. The molecule has 0 radical (unpaired) electrons. The second-order valence-corrected chi connectivity index (χ2v) is 7.25. The fourth-order valence-electron chi connectivity index (χ4n) is 3.45. The zero-order valence-corrected chi connectivity index (χ0v) is 16.2. The number of rotatable bonds is 4. The Labute approximate surface area is 161 Å². The number of halogens is 2. The first kappa shape index (κ1) is 18.3. The minimum Gasteiger partial charge on any atom is -0.466 e. The molecule has 1 N–H and O–H groups in total. The molecule has 1 fully saturated rings. The average Bonchev–Trinajstić information content (AvgIpc) is 2.53. The number of fused-ring (bicyclic) bond motifs is 4. The smallest absolute Gasteiger partial charge is 0.317 e. The highest BCUT2D eigenvalue weighted by atomic mass is 35.5. The highest BCUT2D eigenvalue weighted by Gasteiger charge is 2.59. The quantitative estimate of drug-likeness (QED) is 0.472. The number of hydrogen-bond acceptors (Lipinski definition) is 4. The molecule has 2 aliphatic heterocycles. The summed E-state index contributed by atoms with van der Waals surface area (Å²) in [4.78, 5) is 14.5. The van der Waals surface area contributed by atoms with E-state index in [0.29, 0.717) is 33.0 Å². The van der Waals surface area contributed by atoms with E-state index in [9.17, 15) is 4.79 Å². The van der Waals surface area contributed by atoms with Gasteiger partial charge in [-0.05, 0) is 38.2 Å². The Hall–Kier alpha value is -1.50. The van der Waals surface area contributed by atoms with Crippen molar-refractivity contribution in [2.24, 2.45) is 5.92 Å². The van der Waals surface area contributed by atoms with Crippen LogP contribution in [0.5, 0.6) is 5.75 Å². The molecular weight excluding hydrogens is 383 g/mol. The number of nitrogens with zero attached hydrogens (tertiary/aromatic N) is 1. The number of benzene rings is 1. The lowest BCUT2D eigenvalue weighted by molar-refractivity contribution is -0.174. The lowest BCUT2D eigenvalue weighted by Gasteiger charge is -2.55. The summed E-state index contributed by atoms with van der Waals surface area (Å²) in [6.45, 7) is 8.02. The van der Waals surface area contributed by atoms with E-state index in [1.165, 1.54) is 0 Å². The third-order valence-electron chi connectivity index (χ3n) is 4.50. The van der Waals surface area contributed by atoms with Crippen LogP contribution in [0.3, 0.4) is 0 Å². The molecule has 0 saturated carbocycles. The van der Waals surface area contributed by atoms with Crippen molar-refractivity contribution < 1.29 is 14.3 Å². The molecule has 1 saturated heterocycles. The summed E-state index contributed by atoms with van der Waals surface area (Å²) >= 11 is 18.0. The van der Waals surface area contributed by atoms with E-state index in [2.05, 4.69) is 11.9 Å². The molecule has 3 rings (SSSR count). The van der Waals surface area contributed by atoms with Crippen LogP contribution in [-0.2, 0) is 9.53 Å². The largest absolute Gasteiger partial charge is 0.466 e. The van der Waals surface area contributed by atoms with Gasteiger partial charge < -0.3 is 19.7 Å². The fraction of sp³-hybridized carbons (Fsp3) is 0.412. The molecule has 2 bridgehead atoms.